The number of carbonyl (C=O) groups is 2. The van der Waals surface area contributed by atoms with E-state index in [-0.39, 0.29) is 12.4 Å². The van der Waals surface area contributed by atoms with Crippen molar-refractivity contribution in [2.24, 2.45) is 0 Å². The van der Waals surface area contributed by atoms with E-state index in [1.54, 1.807) is 25.1 Å². The first-order chi connectivity index (χ1) is 13.0. The molecule has 0 bridgehead atoms. The summed E-state index contributed by atoms with van der Waals surface area (Å²) in [6, 6.07) is 10.7. The van der Waals surface area contributed by atoms with E-state index in [0.717, 1.165) is 11.1 Å². The Hall–Kier alpha value is -3.41. The molecular weight excluding hydrogens is 344 g/mol. The van der Waals surface area contributed by atoms with E-state index < -0.39 is 5.97 Å². The molecule has 1 aromatic heterocycles. The number of fused-ring (bicyclic) bond motifs is 1. The molecule has 0 saturated heterocycles. The van der Waals surface area contributed by atoms with E-state index >= 15 is 0 Å². The zero-order valence-electron chi connectivity index (χ0n) is 15.4. The lowest BCUT2D eigenvalue weighted by Crippen LogP contribution is -2.07. The Morgan fingerprint density at radius 2 is 2.00 bits per heavy atom. The van der Waals surface area contributed by atoms with Crippen LogP contribution < -0.4 is 4.74 Å². The predicted octanol–water partition coefficient (Wildman–Crippen LogP) is 4.12. The minimum Gasteiger partial charge on any atom is -0.495 e. The molecule has 0 amide bonds. The van der Waals surface area contributed by atoms with Crippen molar-refractivity contribution in [1.29, 1.82) is 0 Å². The fourth-order valence-electron chi connectivity index (χ4n) is 2.85. The Kier molecular flexibility index (Phi) is 5.35. The topological polar surface area (TPSA) is 81.3 Å². The number of nitrogens with zero attached hydrogens (tertiary/aromatic N) is 1. The van der Waals surface area contributed by atoms with Gasteiger partial charge in [0.2, 0.25) is 0 Å². The number of nitrogens with one attached hydrogen (secondary N) is 1. The van der Waals surface area contributed by atoms with E-state index in [1.807, 2.05) is 30.4 Å². The maximum atomic E-state index is 12.2. The Balaban J connectivity index is 2.04. The number of ketones is 1. The molecule has 6 nitrogen and oxygen atoms in total. The van der Waals surface area contributed by atoms with Gasteiger partial charge in [0.25, 0.3) is 0 Å². The highest BCUT2D eigenvalue weighted by Gasteiger charge is 2.19. The van der Waals surface area contributed by atoms with Crippen molar-refractivity contribution >= 4 is 34.8 Å². The minimum atomic E-state index is -0.443. The number of hydrogen-bond acceptors (Lipinski definition) is 5. The van der Waals surface area contributed by atoms with Crippen molar-refractivity contribution in [3.8, 4) is 5.75 Å². The van der Waals surface area contributed by atoms with E-state index in [4.69, 9.17) is 9.47 Å². The molecule has 3 aromatic rings. The van der Waals surface area contributed by atoms with Crippen molar-refractivity contribution in [2.45, 2.75) is 13.8 Å². The lowest BCUT2D eigenvalue weighted by molar-refractivity contribution is 0.0523. The highest BCUT2D eigenvalue weighted by molar-refractivity contribution is 6.03. The van der Waals surface area contributed by atoms with E-state index in [1.165, 1.54) is 14.0 Å². The Morgan fingerprint density at radius 1 is 1.19 bits per heavy atom. The molecule has 0 saturated carbocycles. The number of aromatic amines is 1. The maximum absolute atomic E-state index is 12.2. The van der Waals surface area contributed by atoms with Crippen molar-refractivity contribution in [3.63, 3.8) is 0 Å². The standard InChI is InChI=1S/C21H20N2O4/c1-4-27-21(25)16-9-11-18-19(20(16)26-3)17(22-23-18)10-8-14-6-5-7-15(12-14)13(2)24/h5-12H,4H2,1-3H3,(H,22,23)/b10-8+. The summed E-state index contributed by atoms with van der Waals surface area (Å²) in [4.78, 5) is 23.7. The number of aromatic nitrogens is 2. The molecule has 0 aliphatic carbocycles. The Morgan fingerprint density at radius 3 is 2.70 bits per heavy atom. The molecular formula is C21H20N2O4. The second kappa shape index (κ2) is 7.86. The third kappa shape index (κ3) is 3.74. The van der Waals surface area contributed by atoms with Crippen molar-refractivity contribution < 1.29 is 19.1 Å². The molecule has 1 N–H and O–H groups in total. The van der Waals surface area contributed by atoms with Crippen LogP contribution in [-0.4, -0.2) is 35.7 Å². The highest BCUT2D eigenvalue weighted by Crippen LogP contribution is 2.32. The molecule has 0 unspecified atom stereocenters. The first-order valence-corrected chi connectivity index (χ1v) is 8.56. The van der Waals surface area contributed by atoms with E-state index in [0.29, 0.717) is 28.0 Å². The molecule has 2 aromatic carbocycles. The lowest BCUT2D eigenvalue weighted by Gasteiger charge is -2.09. The molecule has 27 heavy (non-hydrogen) atoms. The molecule has 6 heteroatoms. The number of methoxy groups -OCH3 is 1. The molecule has 1 heterocycles. The summed E-state index contributed by atoms with van der Waals surface area (Å²) in [7, 11) is 1.51. The number of esters is 1. The van der Waals surface area contributed by atoms with Crippen LogP contribution in [0.2, 0.25) is 0 Å². The van der Waals surface area contributed by atoms with Gasteiger partial charge in [-0.3, -0.25) is 9.89 Å². The third-order valence-corrected chi connectivity index (χ3v) is 4.14. The molecule has 0 radical (unpaired) electrons. The summed E-state index contributed by atoms with van der Waals surface area (Å²) >= 11 is 0. The van der Waals surface area contributed by atoms with Crippen molar-refractivity contribution in [2.75, 3.05) is 13.7 Å². The van der Waals surface area contributed by atoms with Gasteiger partial charge in [-0.15, -0.1) is 0 Å². The second-order valence-electron chi connectivity index (χ2n) is 5.91. The van der Waals surface area contributed by atoms with Crippen LogP contribution in [0, 0.1) is 0 Å². The van der Waals surface area contributed by atoms with Crippen LogP contribution in [0.5, 0.6) is 5.75 Å². The van der Waals surface area contributed by atoms with E-state index in [9.17, 15) is 9.59 Å². The lowest BCUT2D eigenvalue weighted by atomic mass is 10.1. The minimum absolute atomic E-state index is 0.0104. The van der Waals surface area contributed by atoms with Crippen LogP contribution in [0.3, 0.4) is 0 Å². The average molecular weight is 364 g/mol. The van der Waals surface area contributed by atoms with Crippen LogP contribution >= 0.6 is 0 Å². The van der Waals surface area contributed by atoms with Gasteiger partial charge in [-0.1, -0.05) is 24.3 Å². The second-order valence-corrected chi connectivity index (χ2v) is 5.91. The van der Waals surface area contributed by atoms with Gasteiger partial charge in [0.05, 0.1) is 30.3 Å². The number of carbonyl (C=O) groups excluding carboxylic acids is 2. The maximum Gasteiger partial charge on any atom is 0.341 e. The predicted molar refractivity (Wildman–Crippen MR) is 104 cm³/mol. The summed E-state index contributed by atoms with van der Waals surface area (Å²) < 4.78 is 10.6. The third-order valence-electron chi connectivity index (χ3n) is 4.14. The number of ether oxygens (including phenoxy) is 2. The van der Waals surface area contributed by atoms with E-state index in [2.05, 4.69) is 10.2 Å². The van der Waals surface area contributed by atoms with Gasteiger partial charge in [0.1, 0.15) is 11.3 Å². The number of H-pyrrole nitrogens is 1. The first kappa shape index (κ1) is 18.4. The SMILES string of the molecule is CCOC(=O)c1ccc2[nH]nc(/C=C/c3cccc(C(C)=O)c3)c2c1OC. The fraction of sp³-hybridized carbons (Fsp3) is 0.190. The number of rotatable bonds is 6. The largest absolute Gasteiger partial charge is 0.495 e. The summed E-state index contributed by atoms with van der Waals surface area (Å²) in [6.45, 7) is 3.57. The van der Waals surface area contributed by atoms with Crippen molar-refractivity contribution in [3.05, 3.63) is 58.8 Å². The number of benzene rings is 2. The highest BCUT2D eigenvalue weighted by atomic mass is 16.5. The Bertz CT molecular complexity index is 1030. The Labute approximate surface area is 156 Å². The smallest absolute Gasteiger partial charge is 0.341 e. The zero-order valence-corrected chi connectivity index (χ0v) is 15.4. The van der Waals surface area contributed by atoms with Gasteiger partial charge in [-0.05, 0) is 43.7 Å². The molecule has 0 spiro atoms. The molecule has 138 valence electrons. The van der Waals surface area contributed by atoms with Gasteiger partial charge in [0, 0.05) is 5.56 Å². The van der Waals surface area contributed by atoms with Crippen LogP contribution in [0.1, 0.15) is 45.8 Å². The zero-order chi connectivity index (χ0) is 19.4. The monoisotopic (exact) mass is 364 g/mol. The molecule has 3 rings (SSSR count). The van der Waals surface area contributed by atoms with Crippen LogP contribution in [0.4, 0.5) is 0 Å². The molecule has 0 fully saturated rings. The normalized spacial score (nSPS) is 11.1. The average Bonchev–Trinajstić information content (AvgIpc) is 3.09. The molecule has 0 aliphatic heterocycles. The van der Waals surface area contributed by atoms with Gasteiger partial charge in [-0.25, -0.2) is 4.79 Å². The number of Topliss-reactive ketones (excluding diaryl/α,β-unsaturated/α-hetero) is 1. The summed E-state index contributed by atoms with van der Waals surface area (Å²) in [5, 5.41) is 7.95. The van der Waals surface area contributed by atoms with Gasteiger partial charge >= 0.3 is 5.97 Å². The van der Waals surface area contributed by atoms with Crippen LogP contribution in [0.15, 0.2) is 36.4 Å². The molecule has 0 atom stereocenters. The van der Waals surface area contributed by atoms with Crippen LogP contribution in [-0.2, 0) is 4.74 Å². The summed E-state index contributed by atoms with van der Waals surface area (Å²) in [5.74, 6) is -0.0189. The molecule has 0 aliphatic rings. The number of hydrogen-bond donors (Lipinski definition) is 1. The van der Waals surface area contributed by atoms with Gasteiger partial charge < -0.3 is 9.47 Å². The first-order valence-electron chi connectivity index (χ1n) is 8.56. The fourth-order valence-corrected chi connectivity index (χ4v) is 2.85. The summed E-state index contributed by atoms with van der Waals surface area (Å²) in [6.07, 6.45) is 3.67. The van der Waals surface area contributed by atoms with Gasteiger partial charge in [0.15, 0.2) is 5.78 Å². The summed E-state index contributed by atoms with van der Waals surface area (Å²) in [5.41, 5.74) is 3.24. The van der Waals surface area contributed by atoms with Gasteiger partial charge in [-0.2, -0.15) is 5.10 Å². The quantitative estimate of drug-likeness (QED) is 0.525. The van der Waals surface area contributed by atoms with Crippen molar-refractivity contribution in [1.82, 2.24) is 10.2 Å². The van der Waals surface area contributed by atoms with Crippen LogP contribution in [0.25, 0.3) is 23.1 Å².